The van der Waals surface area contributed by atoms with Crippen molar-refractivity contribution >= 4 is 21.7 Å². The predicted octanol–water partition coefficient (Wildman–Crippen LogP) is 2.66. The number of esters is 1. The Morgan fingerprint density at radius 3 is 2.40 bits per heavy atom. The van der Waals surface area contributed by atoms with Crippen LogP contribution in [-0.4, -0.2) is 55.9 Å². The molecule has 2 atom stereocenters. The van der Waals surface area contributed by atoms with Gasteiger partial charge in [-0.2, -0.15) is 0 Å². The average Bonchev–Trinajstić information content (AvgIpc) is 3.11. The van der Waals surface area contributed by atoms with Crippen LogP contribution in [0.5, 0.6) is 0 Å². The summed E-state index contributed by atoms with van der Waals surface area (Å²) in [5.41, 5.74) is 2.48. The number of carbonyl (C=O) groups is 2. The van der Waals surface area contributed by atoms with Crippen LogP contribution in [0.15, 0.2) is 54.6 Å². The number of carbonyl (C=O) groups excluding carboxylic acids is 2. The molecule has 1 amide bonds. The fourth-order valence-electron chi connectivity index (χ4n) is 3.68. The normalized spacial score (nSPS) is 18.5. The zero-order valence-electron chi connectivity index (χ0n) is 17.3. The highest BCUT2D eigenvalue weighted by Crippen LogP contribution is 2.19. The number of amides is 1. The van der Waals surface area contributed by atoms with Crippen molar-refractivity contribution < 1.29 is 22.7 Å². The second kappa shape index (κ2) is 9.43. The van der Waals surface area contributed by atoms with Gasteiger partial charge < -0.3 is 9.64 Å². The number of hydrogen-bond acceptors (Lipinski definition) is 5. The van der Waals surface area contributed by atoms with Crippen LogP contribution in [0, 0.1) is 0 Å². The van der Waals surface area contributed by atoms with Gasteiger partial charge in [0.1, 0.15) is 0 Å². The third-order valence-corrected chi connectivity index (χ3v) is 7.25. The number of ether oxygens (including phenoxy) is 1. The fourth-order valence-corrected chi connectivity index (χ4v) is 5.46. The van der Waals surface area contributed by atoms with Gasteiger partial charge in [-0.1, -0.05) is 48.5 Å². The van der Waals surface area contributed by atoms with Crippen LogP contribution in [-0.2, 0) is 32.2 Å². The highest BCUT2D eigenvalue weighted by atomic mass is 32.2. The first kappa shape index (κ1) is 22.0. The van der Waals surface area contributed by atoms with Gasteiger partial charge in [-0.05, 0) is 43.4 Å². The summed E-state index contributed by atoms with van der Waals surface area (Å²) in [6.07, 6.45) is 0.886. The third-order valence-electron chi connectivity index (χ3n) is 5.50. The Kier molecular flexibility index (Phi) is 6.92. The van der Waals surface area contributed by atoms with E-state index in [9.17, 15) is 18.0 Å². The first-order valence-electron chi connectivity index (χ1n) is 10.1. The third kappa shape index (κ3) is 5.48. The molecule has 6 nitrogen and oxygen atoms in total. The molecule has 1 aliphatic rings. The zero-order chi connectivity index (χ0) is 21.7. The van der Waals surface area contributed by atoms with Crippen LogP contribution < -0.4 is 0 Å². The van der Waals surface area contributed by atoms with Gasteiger partial charge in [-0.15, -0.1) is 0 Å². The van der Waals surface area contributed by atoms with Crippen LogP contribution in [0.2, 0.25) is 0 Å². The van der Waals surface area contributed by atoms with Gasteiger partial charge in [0.05, 0.1) is 17.1 Å². The number of rotatable bonds is 7. The second-order valence-electron chi connectivity index (χ2n) is 7.70. The highest BCUT2D eigenvalue weighted by Gasteiger charge is 2.35. The van der Waals surface area contributed by atoms with E-state index in [0.717, 1.165) is 12.0 Å². The minimum absolute atomic E-state index is 0.0434. The average molecular weight is 430 g/mol. The van der Waals surface area contributed by atoms with Gasteiger partial charge in [-0.3, -0.25) is 4.79 Å². The molecule has 0 aromatic heterocycles. The first-order valence-corrected chi connectivity index (χ1v) is 11.9. The zero-order valence-corrected chi connectivity index (χ0v) is 18.1. The monoisotopic (exact) mass is 429 g/mol. The number of likely N-dealkylation sites (N-methyl/N-ethyl adjacent to an activating group) is 1. The first-order chi connectivity index (χ1) is 14.3. The SMILES string of the molecule is CC(OC(=O)c1ccccc1CCc1ccccc1)C(=O)N(C)C1CCS(=O)(=O)C1. The van der Waals surface area contributed by atoms with Gasteiger partial charge in [-0.25, -0.2) is 13.2 Å². The molecule has 7 heteroatoms. The summed E-state index contributed by atoms with van der Waals surface area (Å²) < 4.78 is 28.8. The van der Waals surface area contributed by atoms with Crippen molar-refractivity contribution in [3.05, 3.63) is 71.3 Å². The van der Waals surface area contributed by atoms with E-state index in [0.29, 0.717) is 18.4 Å². The summed E-state index contributed by atoms with van der Waals surface area (Å²) in [4.78, 5) is 26.8. The predicted molar refractivity (Wildman–Crippen MR) is 115 cm³/mol. The maximum absolute atomic E-state index is 12.7. The van der Waals surface area contributed by atoms with Gasteiger partial charge >= 0.3 is 5.97 Å². The molecule has 2 aromatic carbocycles. The van der Waals surface area contributed by atoms with E-state index in [1.165, 1.54) is 17.4 Å². The largest absolute Gasteiger partial charge is 0.449 e. The van der Waals surface area contributed by atoms with Gasteiger partial charge in [0, 0.05) is 13.1 Å². The molecule has 0 saturated carbocycles. The lowest BCUT2D eigenvalue weighted by Crippen LogP contribution is -2.44. The van der Waals surface area contributed by atoms with E-state index in [-0.39, 0.29) is 17.5 Å². The van der Waals surface area contributed by atoms with E-state index < -0.39 is 27.8 Å². The van der Waals surface area contributed by atoms with Crippen molar-refractivity contribution in [2.24, 2.45) is 0 Å². The van der Waals surface area contributed by atoms with Crippen molar-refractivity contribution in [3.8, 4) is 0 Å². The molecule has 1 heterocycles. The lowest BCUT2D eigenvalue weighted by atomic mass is 10.00. The lowest BCUT2D eigenvalue weighted by Gasteiger charge is -2.26. The minimum Gasteiger partial charge on any atom is -0.449 e. The van der Waals surface area contributed by atoms with E-state index >= 15 is 0 Å². The van der Waals surface area contributed by atoms with Crippen LogP contribution >= 0.6 is 0 Å². The molecule has 0 bridgehead atoms. The van der Waals surface area contributed by atoms with E-state index in [4.69, 9.17) is 4.74 Å². The number of benzene rings is 2. The molecule has 1 fully saturated rings. The maximum Gasteiger partial charge on any atom is 0.339 e. The molecule has 0 spiro atoms. The molecule has 0 N–H and O–H groups in total. The van der Waals surface area contributed by atoms with Crippen molar-refractivity contribution in [2.45, 2.75) is 38.3 Å². The van der Waals surface area contributed by atoms with Gasteiger partial charge in [0.25, 0.3) is 5.91 Å². The molecule has 2 aromatic rings. The summed E-state index contributed by atoms with van der Waals surface area (Å²) in [5, 5.41) is 0. The minimum atomic E-state index is -3.10. The standard InChI is InChI=1S/C23H27NO5S/c1-17(22(25)24(2)20-14-15-30(27,28)16-20)29-23(26)21-11-7-6-10-19(21)13-12-18-8-4-3-5-9-18/h3-11,17,20H,12-16H2,1-2H3. The Bertz CT molecular complexity index is 1000. The summed E-state index contributed by atoms with van der Waals surface area (Å²) in [6.45, 7) is 1.52. The number of nitrogens with zero attached hydrogens (tertiary/aromatic N) is 1. The van der Waals surface area contributed by atoms with Crippen LogP contribution in [0.1, 0.15) is 34.8 Å². The van der Waals surface area contributed by atoms with Crippen molar-refractivity contribution in [1.82, 2.24) is 4.90 Å². The van der Waals surface area contributed by atoms with E-state index in [2.05, 4.69) is 0 Å². The Labute approximate surface area is 177 Å². The summed E-state index contributed by atoms with van der Waals surface area (Å²) >= 11 is 0. The summed E-state index contributed by atoms with van der Waals surface area (Å²) in [7, 11) is -1.54. The molecule has 30 heavy (non-hydrogen) atoms. The number of sulfone groups is 1. The summed E-state index contributed by atoms with van der Waals surface area (Å²) in [5.74, 6) is -0.907. The van der Waals surface area contributed by atoms with Gasteiger partial charge in [0.2, 0.25) is 0 Å². The Morgan fingerprint density at radius 2 is 1.73 bits per heavy atom. The molecular weight excluding hydrogens is 402 g/mol. The highest BCUT2D eigenvalue weighted by molar-refractivity contribution is 7.91. The second-order valence-corrected chi connectivity index (χ2v) is 9.93. The Hall–Kier alpha value is -2.67. The van der Waals surface area contributed by atoms with E-state index in [1.807, 2.05) is 42.5 Å². The number of aryl methyl sites for hydroxylation is 2. The van der Waals surface area contributed by atoms with Crippen molar-refractivity contribution in [2.75, 3.05) is 18.6 Å². The van der Waals surface area contributed by atoms with Crippen molar-refractivity contribution in [1.29, 1.82) is 0 Å². The molecule has 160 valence electrons. The Balaban J connectivity index is 1.63. The quantitative estimate of drug-likeness (QED) is 0.632. The van der Waals surface area contributed by atoms with Gasteiger partial charge in [0.15, 0.2) is 15.9 Å². The fraction of sp³-hybridized carbons (Fsp3) is 0.391. The molecular formula is C23H27NO5S. The van der Waals surface area contributed by atoms with Crippen LogP contribution in [0.4, 0.5) is 0 Å². The lowest BCUT2D eigenvalue weighted by molar-refractivity contribution is -0.140. The maximum atomic E-state index is 12.7. The van der Waals surface area contributed by atoms with E-state index in [1.54, 1.807) is 19.2 Å². The van der Waals surface area contributed by atoms with Crippen LogP contribution in [0.3, 0.4) is 0 Å². The smallest absolute Gasteiger partial charge is 0.339 e. The van der Waals surface area contributed by atoms with Crippen LogP contribution in [0.25, 0.3) is 0 Å². The topological polar surface area (TPSA) is 80.8 Å². The molecule has 2 unspecified atom stereocenters. The number of hydrogen-bond donors (Lipinski definition) is 0. The van der Waals surface area contributed by atoms with Crippen molar-refractivity contribution in [3.63, 3.8) is 0 Å². The molecule has 1 saturated heterocycles. The molecule has 0 aliphatic carbocycles. The molecule has 3 rings (SSSR count). The molecule has 1 aliphatic heterocycles. The molecule has 0 radical (unpaired) electrons. The Morgan fingerprint density at radius 1 is 1.07 bits per heavy atom. The summed E-state index contributed by atoms with van der Waals surface area (Å²) in [6, 6.07) is 16.9.